The van der Waals surface area contributed by atoms with Gasteiger partial charge in [0.1, 0.15) is 18.1 Å². The summed E-state index contributed by atoms with van der Waals surface area (Å²) in [6.07, 6.45) is 1.31. The molecule has 1 heterocycles. The van der Waals surface area contributed by atoms with Gasteiger partial charge in [-0.15, -0.1) is 0 Å². The maximum absolute atomic E-state index is 12.0. The van der Waals surface area contributed by atoms with Crippen LogP contribution in [0, 0.1) is 0 Å². The minimum Gasteiger partial charge on any atom is -0.480 e. The zero-order valence-electron chi connectivity index (χ0n) is 12.3. The summed E-state index contributed by atoms with van der Waals surface area (Å²) in [5, 5.41) is 13.2. The molecule has 22 heavy (non-hydrogen) atoms. The lowest BCUT2D eigenvalue weighted by atomic mass is 10.1. The van der Waals surface area contributed by atoms with Gasteiger partial charge in [-0.3, -0.25) is 9.59 Å². The van der Waals surface area contributed by atoms with E-state index >= 15 is 0 Å². The third kappa shape index (κ3) is 2.77. The lowest BCUT2D eigenvalue weighted by Crippen LogP contribution is -2.27. The molecule has 2 atom stereocenters. The zero-order valence-corrected chi connectivity index (χ0v) is 12.3. The highest BCUT2D eigenvalue weighted by Crippen LogP contribution is 2.53. The highest BCUT2D eigenvalue weighted by atomic mass is 16.4. The molecule has 0 spiro atoms. The topological polar surface area (TPSA) is 85.1 Å². The van der Waals surface area contributed by atoms with Gasteiger partial charge in [-0.2, -0.15) is 10.1 Å². The maximum atomic E-state index is 12.0. The van der Waals surface area contributed by atoms with Crippen LogP contribution in [-0.2, 0) is 17.8 Å². The molecule has 0 amide bonds. The van der Waals surface area contributed by atoms with Crippen LogP contribution in [0.5, 0.6) is 0 Å². The van der Waals surface area contributed by atoms with Crippen LogP contribution in [0.15, 0.2) is 35.1 Å². The molecule has 6 heteroatoms. The summed E-state index contributed by atoms with van der Waals surface area (Å²) >= 11 is 0. The van der Waals surface area contributed by atoms with Crippen LogP contribution in [0.1, 0.15) is 42.3 Å². The van der Waals surface area contributed by atoms with Crippen LogP contribution in [0.2, 0.25) is 0 Å². The van der Waals surface area contributed by atoms with E-state index in [4.69, 9.17) is 5.11 Å². The molecular weight excluding hydrogens is 282 g/mol. The Hall–Kier alpha value is -2.50. The summed E-state index contributed by atoms with van der Waals surface area (Å²) in [4.78, 5) is 27.1. The number of aryl methyl sites for hydroxylation is 1. The van der Waals surface area contributed by atoms with Crippen molar-refractivity contribution in [2.45, 2.75) is 38.1 Å². The zero-order chi connectivity index (χ0) is 15.7. The monoisotopic (exact) mass is 299 g/mol. The van der Waals surface area contributed by atoms with E-state index in [-0.39, 0.29) is 23.9 Å². The van der Waals surface area contributed by atoms with Gasteiger partial charge in [0.25, 0.3) is 5.56 Å². The van der Waals surface area contributed by atoms with Gasteiger partial charge in [-0.25, -0.2) is 4.68 Å². The Balaban J connectivity index is 1.95. The molecule has 6 nitrogen and oxygen atoms in total. The average Bonchev–Trinajstić information content (AvgIpc) is 3.29. The van der Waals surface area contributed by atoms with E-state index < -0.39 is 5.97 Å². The van der Waals surface area contributed by atoms with Crippen LogP contribution < -0.4 is 5.56 Å². The second-order valence-electron chi connectivity index (χ2n) is 5.49. The number of hydrogen-bond donors (Lipinski definition) is 1. The van der Waals surface area contributed by atoms with E-state index in [9.17, 15) is 9.59 Å². The molecular formula is C16H17N3O3. The third-order valence-corrected chi connectivity index (χ3v) is 3.94. The molecule has 114 valence electrons. The van der Waals surface area contributed by atoms with E-state index in [0.29, 0.717) is 17.9 Å². The summed E-state index contributed by atoms with van der Waals surface area (Å²) in [6, 6.07) is 9.98. The Morgan fingerprint density at radius 1 is 1.32 bits per heavy atom. The predicted molar refractivity (Wildman–Crippen MR) is 79.8 cm³/mol. The van der Waals surface area contributed by atoms with Crippen molar-refractivity contribution in [1.29, 1.82) is 0 Å². The largest absolute Gasteiger partial charge is 0.480 e. The smallest absolute Gasteiger partial charge is 0.325 e. The fourth-order valence-electron chi connectivity index (χ4n) is 2.76. The summed E-state index contributed by atoms with van der Waals surface area (Å²) < 4.78 is 1.37. The maximum Gasteiger partial charge on any atom is 0.325 e. The van der Waals surface area contributed by atoms with Crippen LogP contribution in [0.3, 0.4) is 0 Å². The normalized spacial score (nSPS) is 19.9. The average molecular weight is 299 g/mol. The van der Waals surface area contributed by atoms with Crippen molar-refractivity contribution >= 4 is 5.97 Å². The molecule has 1 aliphatic carbocycles. The minimum atomic E-state index is -0.988. The molecule has 1 aromatic heterocycles. The first-order chi connectivity index (χ1) is 10.6. The molecule has 0 saturated heterocycles. The number of carbonyl (C=O) groups is 1. The Kier molecular flexibility index (Phi) is 3.75. The third-order valence-electron chi connectivity index (χ3n) is 3.94. The van der Waals surface area contributed by atoms with E-state index in [2.05, 4.69) is 10.1 Å². The SMILES string of the molecule is CCc1nn(CC(=O)O)c([C@@H]2C[C@H]2c2ccccc2)nc1=O. The van der Waals surface area contributed by atoms with Crippen molar-refractivity contribution in [3.63, 3.8) is 0 Å². The second-order valence-corrected chi connectivity index (χ2v) is 5.49. The standard InChI is InChI=1S/C16H17N3O3/c1-2-13-16(22)17-15(19(18-13)9-14(20)21)12-8-11(12)10-6-4-3-5-7-10/h3-7,11-12H,2,8-9H2,1H3,(H,20,21)/t11-,12+/m0/s1. The highest BCUT2D eigenvalue weighted by molar-refractivity contribution is 5.66. The number of carboxylic acid groups (broad SMARTS) is 1. The number of carboxylic acids is 1. The minimum absolute atomic E-state index is 0.0628. The number of hydrogen-bond acceptors (Lipinski definition) is 4. The summed E-state index contributed by atoms with van der Waals surface area (Å²) in [7, 11) is 0. The first-order valence-corrected chi connectivity index (χ1v) is 7.34. The van der Waals surface area contributed by atoms with Gasteiger partial charge in [0.05, 0.1) is 0 Å². The van der Waals surface area contributed by atoms with Crippen molar-refractivity contribution in [3.8, 4) is 0 Å². The van der Waals surface area contributed by atoms with Gasteiger partial charge in [-0.05, 0) is 24.3 Å². The fraction of sp³-hybridized carbons (Fsp3) is 0.375. The quantitative estimate of drug-likeness (QED) is 0.905. The van der Waals surface area contributed by atoms with Crippen molar-refractivity contribution in [2.75, 3.05) is 0 Å². The van der Waals surface area contributed by atoms with Crippen LogP contribution in [0.25, 0.3) is 0 Å². The van der Waals surface area contributed by atoms with Crippen molar-refractivity contribution in [2.24, 2.45) is 0 Å². The van der Waals surface area contributed by atoms with Crippen molar-refractivity contribution in [1.82, 2.24) is 14.8 Å². The van der Waals surface area contributed by atoms with Crippen LogP contribution in [-0.4, -0.2) is 25.8 Å². The molecule has 3 rings (SSSR count). The number of nitrogens with zero attached hydrogens (tertiary/aromatic N) is 3. The molecule has 2 aromatic rings. The molecule has 1 saturated carbocycles. The molecule has 1 aromatic carbocycles. The molecule has 1 N–H and O–H groups in total. The van der Waals surface area contributed by atoms with Gasteiger partial charge in [0.15, 0.2) is 0 Å². The number of aromatic nitrogens is 3. The van der Waals surface area contributed by atoms with Gasteiger partial charge in [0, 0.05) is 5.92 Å². The van der Waals surface area contributed by atoms with Gasteiger partial charge < -0.3 is 5.11 Å². The molecule has 0 bridgehead atoms. The molecule has 1 fully saturated rings. The molecule has 0 radical (unpaired) electrons. The number of rotatable bonds is 5. The molecule has 0 unspecified atom stereocenters. The van der Waals surface area contributed by atoms with E-state index in [1.807, 2.05) is 30.3 Å². The molecule has 0 aliphatic heterocycles. The Morgan fingerprint density at radius 2 is 2.05 bits per heavy atom. The van der Waals surface area contributed by atoms with Gasteiger partial charge in [0.2, 0.25) is 0 Å². The predicted octanol–water partition coefficient (Wildman–Crippen LogP) is 1.56. The van der Waals surface area contributed by atoms with Crippen LogP contribution in [0.4, 0.5) is 0 Å². The van der Waals surface area contributed by atoms with E-state index in [1.165, 1.54) is 10.2 Å². The lowest BCUT2D eigenvalue weighted by molar-refractivity contribution is -0.138. The Bertz CT molecular complexity index is 755. The van der Waals surface area contributed by atoms with E-state index in [0.717, 1.165) is 6.42 Å². The lowest BCUT2D eigenvalue weighted by Gasteiger charge is -2.10. The number of aliphatic carboxylic acids is 1. The first-order valence-electron chi connectivity index (χ1n) is 7.34. The molecule has 1 aliphatic rings. The Morgan fingerprint density at radius 3 is 2.68 bits per heavy atom. The highest BCUT2D eigenvalue weighted by Gasteiger charge is 2.43. The summed E-state index contributed by atoms with van der Waals surface area (Å²) in [6.45, 7) is 1.54. The van der Waals surface area contributed by atoms with E-state index in [1.54, 1.807) is 6.92 Å². The Labute approximate surface area is 127 Å². The summed E-state index contributed by atoms with van der Waals surface area (Å²) in [5.74, 6) is -0.160. The number of benzene rings is 1. The van der Waals surface area contributed by atoms with Gasteiger partial charge in [-0.1, -0.05) is 37.3 Å². The first kappa shape index (κ1) is 14.4. The van der Waals surface area contributed by atoms with Crippen LogP contribution >= 0.6 is 0 Å². The van der Waals surface area contributed by atoms with Crippen molar-refractivity contribution < 1.29 is 9.90 Å². The summed E-state index contributed by atoms with van der Waals surface area (Å²) in [5.41, 5.74) is 1.14. The second kappa shape index (κ2) is 5.71. The fourth-order valence-corrected chi connectivity index (χ4v) is 2.76. The van der Waals surface area contributed by atoms with Gasteiger partial charge >= 0.3 is 5.97 Å². The van der Waals surface area contributed by atoms with Crippen molar-refractivity contribution in [3.05, 3.63) is 57.8 Å².